The highest BCUT2D eigenvalue weighted by molar-refractivity contribution is 5.38. The summed E-state index contributed by atoms with van der Waals surface area (Å²) in [7, 11) is 0. The van der Waals surface area contributed by atoms with Gasteiger partial charge in [-0.1, -0.05) is 0 Å². The van der Waals surface area contributed by atoms with Crippen molar-refractivity contribution in [2.24, 2.45) is 0 Å². The third-order valence-electron chi connectivity index (χ3n) is 4.98. The molecule has 116 valence electrons. The van der Waals surface area contributed by atoms with Gasteiger partial charge in [-0.15, -0.1) is 0 Å². The number of rotatable bonds is 2. The molecule has 6 nitrogen and oxygen atoms in total. The lowest BCUT2D eigenvalue weighted by molar-refractivity contribution is 0.480. The molecule has 0 bridgehead atoms. The zero-order valence-corrected chi connectivity index (χ0v) is 13.0. The molecule has 6 heteroatoms. The number of piperidine rings is 1. The lowest BCUT2D eigenvalue weighted by atomic mass is 9.94. The minimum Gasteiger partial charge on any atom is -0.341 e. The highest BCUT2D eigenvalue weighted by Crippen LogP contribution is 2.29. The number of hydrogen-bond donors (Lipinski definition) is 1. The first-order chi connectivity index (χ1) is 10.8. The molecule has 1 aliphatic carbocycles. The van der Waals surface area contributed by atoms with Crippen LogP contribution in [0.2, 0.25) is 0 Å². The van der Waals surface area contributed by atoms with Gasteiger partial charge in [-0.05, 0) is 51.0 Å². The third kappa shape index (κ3) is 2.46. The first-order valence-corrected chi connectivity index (χ1v) is 8.28. The normalized spacial score (nSPS) is 19.2. The van der Waals surface area contributed by atoms with Gasteiger partial charge in [0.05, 0.1) is 0 Å². The Balaban J connectivity index is 1.50. The lowest BCUT2D eigenvalue weighted by Gasteiger charge is -2.32. The average molecular weight is 298 g/mol. The molecule has 1 saturated heterocycles. The van der Waals surface area contributed by atoms with Crippen molar-refractivity contribution in [3.63, 3.8) is 0 Å². The predicted molar refractivity (Wildman–Crippen MR) is 84.0 cm³/mol. The summed E-state index contributed by atoms with van der Waals surface area (Å²) in [5.41, 5.74) is 3.86. The molecule has 3 heterocycles. The monoisotopic (exact) mass is 298 g/mol. The number of nitrogens with zero attached hydrogens (tertiary/aromatic N) is 5. The van der Waals surface area contributed by atoms with E-state index in [1.807, 2.05) is 0 Å². The summed E-state index contributed by atoms with van der Waals surface area (Å²) in [4.78, 5) is 16.3. The van der Waals surface area contributed by atoms with Gasteiger partial charge in [-0.2, -0.15) is 5.10 Å². The van der Waals surface area contributed by atoms with Crippen molar-refractivity contribution in [1.82, 2.24) is 25.1 Å². The van der Waals surface area contributed by atoms with E-state index in [0.717, 1.165) is 50.5 Å². The number of hydrogen-bond acceptors (Lipinski definition) is 5. The number of aromatic nitrogens is 5. The van der Waals surface area contributed by atoms with Gasteiger partial charge in [0.1, 0.15) is 12.2 Å². The van der Waals surface area contributed by atoms with Crippen molar-refractivity contribution in [3.8, 4) is 0 Å². The van der Waals surface area contributed by atoms with E-state index in [4.69, 9.17) is 9.97 Å². The molecule has 0 saturated carbocycles. The van der Waals surface area contributed by atoms with E-state index in [1.165, 1.54) is 29.8 Å². The van der Waals surface area contributed by atoms with E-state index in [0.29, 0.717) is 5.92 Å². The molecular formula is C16H22N6. The first kappa shape index (κ1) is 13.7. The van der Waals surface area contributed by atoms with Crippen LogP contribution in [-0.4, -0.2) is 38.2 Å². The smallest absolute Gasteiger partial charge is 0.225 e. The molecule has 0 radical (unpaired) electrons. The fraction of sp³-hybridized carbons (Fsp3) is 0.625. The van der Waals surface area contributed by atoms with Crippen molar-refractivity contribution < 1.29 is 0 Å². The Morgan fingerprint density at radius 2 is 1.95 bits per heavy atom. The molecule has 1 N–H and O–H groups in total. The highest BCUT2D eigenvalue weighted by Gasteiger charge is 2.25. The van der Waals surface area contributed by atoms with E-state index in [2.05, 4.69) is 27.0 Å². The number of H-pyrrole nitrogens is 1. The van der Waals surface area contributed by atoms with Gasteiger partial charge in [-0.3, -0.25) is 5.10 Å². The van der Waals surface area contributed by atoms with Crippen molar-refractivity contribution in [2.45, 2.75) is 51.4 Å². The van der Waals surface area contributed by atoms with Crippen LogP contribution in [0.25, 0.3) is 0 Å². The fourth-order valence-electron chi connectivity index (χ4n) is 3.67. The zero-order chi connectivity index (χ0) is 14.9. The molecule has 2 aromatic rings. The minimum absolute atomic E-state index is 0.484. The standard InChI is InChI=1S/C16H22N6/c1-11-13-4-2-3-5-14(13)20-16(19-11)22-8-6-12(7-9-22)15-17-10-18-21-15/h10,12H,2-9H2,1H3,(H,17,18,21). The van der Waals surface area contributed by atoms with Gasteiger partial charge in [-0.25, -0.2) is 15.0 Å². The van der Waals surface area contributed by atoms with Crippen LogP contribution in [0.15, 0.2) is 6.33 Å². The van der Waals surface area contributed by atoms with Crippen LogP contribution in [0.3, 0.4) is 0 Å². The van der Waals surface area contributed by atoms with Crippen LogP contribution in [0, 0.1) is 6.92 Å². The van der Waals surface area contributed by atoms with Crippen molar-refractivity contribution in [3.05, 3.63) is 29.1 Å². The molecule has 1 fully saturated rings. The van der Waals surface area contributed by atoms with E-state index < -0.39 is 0 Å². The number of anilines is 1. The van der Waals surface area contributed by atoms with E-state index >= 15 is 0 Å². The quantitative estimate of drug-likeness (QED) is 0.920. The molecule has 0 spiro atoms. The Hall–Kier alpha value is -1.98. The fourth-order valence-corrected chi connectivity index (χ4v) is 3.67. The van der Waals surface area contributed by atoms with Crippen molar-refractivity contribution in [2.75, 3.05) is 18.0 Å². The summed E-state index contributed by atoms with van der Waals surface area (Å²) in [5.74, 6) is 2.42. The van der Waals surface area contributed by atoms with Gasteiger partial charge in [0.2, 0.25) is 5.95 Å². The molecule has 4 rings (SSSR count). The molecule has 1 aliphatic heterocycles. The maximum absolute atomic E-state index is 4.86. The van der Waals surface area contributed by atoms with Crippen LogP contribution >= 0.6 is 0 Å². The van der Waals surface area contributed by atoms with Crippen LogP contribution in [0.4, 0.5) is 5.95 Å². The molecule has 0 aromatic carbocycles. The van der Waals surface area contributed by atoms with Gasteiger partial charge in [0, 0.05) is 30.4 Å². The van der Waals surface area contributed by atoms with Crippen LogP contribution < -0.4 is 4.90 Å². The molecular weight excluding hydrogens is 276 g/mol. The van der Waals surface area contributed by atoms with Gasteiger partial charge in [0.25, 0.3) is 0 Å². The molecule has 2 aromatic heterocycles. The maximum atomic E-state index is 4.86. The summed E-state index contributed by atoms with van der Waals surface area (Å²) < 4.78 is 0. The Labute approximate surface area is 130 Å². The number of fused-ring (bicyclic) bond motifs is 1. The zero-order valence-electron chi connectivity index (χ0n) is 13.0. The SMILES string of the molecule is Cc1nc(N2CCC(c3ncn[nH]3)CC2)nc2c1CCCC2. The van der Waals surface area contributed by atoms with E-state index in [9.17, 15) is 0 Å². The van der Waals surface area contributed by atoms with Crippen molar-refractivity contribution in [1.29, 1.82) is 0 Å². The molecule has 0 atom stereocenters. The van der Waals surface area contributed by atoms with Crippen LogP contribution in [0.1, 0.15) is 54.4 Å². The number of aryl methyl sites for hydroxylation is 2. The van der Waals surface area contributed by atoms with Gasteiger partial charge in [0.15, 0.2) is 0 Å². The average Bonchev–Trinajstić information content (AvgIpc) is 3.09. The van der Waals surface area contributed by atoms with Crippen molar-refractivity contribution >= 4 is 5.95 Å². The largest absolute Gasteiger partial charge is 0.341 e. The topological polar surface area (TPSA) is 70.6 Å². The number of aromatic amines is 1. The van der Waals surface area contributed by atoms with Crippen LogP contribution in [-0.2, 0) is 12.8 Å². The van der Waals surface area contributed by atoms with E-state index in [1.54, 1.807) is 6.33 Å². The molecule has 2 aliphatic rings. The van der Waals surface area contributed by atoms with E-state index in [-0.39, 0.29) is 0 Å². The second-order valence-corrected chi connectivity index (χ2v) is 6.37. The number of nitrogens with one attached hydrogen (secondary N) is 1. The summed E-state index contributed by atoms with van der Waals surface area (Å²) in [5, 5.41) is 6.96. The summed E-state index contributed by atoms with van der Waals surface area (Å²) in [6.45, 7) is 4.11. The molecule has 0 unspecified atom stereocenters. The molecule has 22 heavy (non-hydrogen) atoms. The second-order valence-electron chi connectivity index (χ2n) is 6.37. The Bertz CT molecular complexity index is 643. The summed E-state index contributed by atoms with van der Waals surface area (Å²) >= 11 is 0. The Morgan fingerprint density at radius 3 is 2.73 bits per heavy atom. The lowest BCUT2D eigenvalue weighted by Crippen LogP contribution is -2.35. The predicted octanol–water partition coefficient (Wildman–Crippen LogP) is 2.17. The van der Waals surface area contributed by atoms with Gasteiger partial charge >= 0.3 is 0 Å². The molecule has 0 amide bonds. The summed E-state index contributed by atoms with van der Waals surface area (Å²) in [6.07, 6.45) is 8.55. The highest BCUT2D eigenvalue weighted by atomic mass is 15.3. The summed E-state index contributed by atoms with van der Waals surface area (Å²) in [6, 6.07) is 0. The third-order valence-corrected chi connectivity index (χ3v) is 4.98. The first-order valence-electron chi connectivity index (χ1n) is 8.28. The Morgan fingerprint density at radius 1 is 1.14 bits per heavy atom. The maximum Gasteiger partial charge on any atom is 0.225 e. The second kappa shape index (κ2) is 5.66. The van der Waals surface area contributed by atoms with Gasteiger partial charge < -0.3 is 4.90 Å². The van der Waals surface area contributed by atoms with Crippen LogP contribution in [0.5, 0.6) is 0 Å². The minimum atomic E-state index is 0.484. The Kier molecular flexibility index (Phi) is 3.52.